The number of carbonyl (C=O) groups excluding carboxylic acids is 1. The van der Waals surface area contributed by atoms with Crippen LogP contribution in [0.25, 0.3) is 0 Å². The molecule has 6 nitrogen and oxygen atoms in total. The second-order valence-electron chi connectivity index (χ2n) is 4.32. The standard InChI is InChI=1S/C13H15N3O3/c1-8-11(16-19-15-8)13(18)14-9(2)12(17)10-6-4-3-5-7-10/h3-7,9,12,17H,1-2H3,(H,14,18)/t9-,12-/m1/s1. The zero-order chi connectivity index (χ0) is 13.8. The van der Waals surface area contributed by atoms with Crippen LogP contribution in [0.3, 0.4) is 0 Å². The van der Waals surface area contributed by atoms with E-state index < -0.39 is 18.1 Å². The van der Waals surface area contributed by atoms with Gasteiger partial charge in [-0.15, -0.1) is 0 Å². The first-order chi connectivity index (χ1) is 9.09. The maximum Gasteiger partial charge on any atom is 0.275 e. The highest BCUT2D eigenvalue weighted by Crippen LogP contribution is 2.16. The van der Waals surface area contributed by atoms with Gasteiger partial charge in [0.05, 0.1) is 12.1 Å². The number of hydrogen-bond acceptors (Lipinski definition) is 5. The topological polar surface area (TPSA) is 88.2 Å². The largest absolute Gasteiger partial charge is 0.386 e. The van der Waals surface area contributed by atoms with Gasteiger partial charge in [-0.25, -0.2) is 4.63 Å². The molecule has 0 fully saturated rings. The third kappa shape index (κ3) is 2.97. The van der Waals surface area contributed by atoms with Gasteiger partial charge >= 0.3 is 0 Å². The lowest BCUT2D eigenvalue weighted by Gasteiger charge is -2.20. The van der Waals surface area contributed by atoms with Gasteiger partial charge in [-0.2, -0.15) is 0 Å². The van der Waals surface area contributed by atoms with Gasteiger partial charge in [0.2, 0.25) is 0 Å². The number of hydrogen-bond donors (Lipinski definition) is 2. The van der Waals surface area contributed by atoms with E-state index in [1.165, 1.54) is 0 Å². The van der Waals surface area contributed by atoms with E-state index in [0.29, 0.717) is 5.69 Å². The first kappa shape index (κ1) is 13.2. The molecule has 0 saturated heterocycles. The van der Waals surface area contributed by atoms with Crippen LogP contribution in [-0.4, -0.2) is 27.4 Å². The minimum absolute atomic E-state index is 0.132. The number of nitrogens with zero attached hydrogens (tertiary/aromatic N) is 2. The Morgan fingerprint density at radius 2 is 2.00 bits per heavy atom. The summed E-state index contributed by atoms with van der Waals surface area (Å²) in [6.45, 7) is 3.35. The van der Waals surface area contributed by atoms with Crippen LogP contribution in [0.15, 0.2) is 35.0 Å². The van der Waals surface area contributed by atoms with Gasteiger partial charge in [0, 0.05) is 0 Å². The van der Waals surface area contributed by atoms with Crippen molar-refractivity contribution in [1.29, 1.82) is 0 Å². The highest BCUT2D eigenvalue weighted by molar-refractivity contribution is 5.93. The molecular formula is C13H15N3O3. The van der Waals surface area contributed by atoms with E-state index in [1.54, 1.807) is 26.0 Å². The summed E-state index contributed by atoms with van der Waals surface area (Å²) >= 11 is 0. The molecular weight excluding hydrogens is 246 g/mol. The molecule has 2 aromatic rings. The van der Waals surface area contributed by atoms with Crippen LogP contribution < -0.4 is 5.32 Å². The molecule has 0 spiro atoms. The van der Waals surface area contributed by atoms with Gasteiger partial charge < -0.3 is 10.4 Å². The van der Waals surface area contributed by atoms with E-state index in [1.807, 2.05) is 18.2 Å². The molecule has 1 amide bonds. The van der Waals surface area contributed by atoms with E-state index in [9.17, 15) is 9.90 Å². The van der Waals surface area contributed by atoms with Crippen LogP contribution in [0.5, 0.6) is 0 Å². The van der Waals surface area contributed by atoms with Crippen LogP contribution in [0.1, 0.15) is 34.8 Å². The Balaban J connectivity index is 2.03. The molecule has 1 heterocycles. The number of benzene rings is 1. The average Bonchev–Trinajstić information content (AvgIpc) is 2.85. The number of carbonyl (C=O) groups is 1. The number of nitrogens with one attached hydrogen (secondary N) is 1. The molecule has 0 saturated carbocycles. The summed E-state index contributed by atoms with van der Waals surface area (Å²) in [5, 5.41) is 19.9. The van der Waals surface area contributed by atoms with Gasteiger partial charge in [-0.3, -0.25) is 4.79 Å². The highest BCUT2D eigenvalue weighted by atomic mass is 16.6. The molecule has 0 aliphatic heterocycles. The Morgan fingerprint density at radius 3 is 2.58 bits per heavy atom. The number of amides is 1. The van der Waals surface area contributed by atoms with Crippen molar-refractivity contribution in [2.45, 2.75) is 26.0 Å². The lowest BCUT2D eigenvalue weighted by molar-refractivity contribution is 0.0842. The molecule has 2 rings (SSSR count). The third-order valence-corrected chi connectivity index (χ3v) is 2.84. The molecule has 0 unspecified atom stereocenters. The Morgan fingerprint density at radius 1 is 1.32 bits per heavy atom. The zero-order valence-corrected chi connectivity index (χ0v) is 10.7. The first-order valence-corrected chi connectivity index (χ1v) is 5.92. The van der Waals surface area contributed by atoms with Crippen molar-refractivity contribution in [2.24, 2.45) is 0 Å². The first-order valence-electron chi connectivity index (χ1n) is 5.92. The molecule has 100 valence electrons. The Bertz CT molecular complexity index is 553. The molecule has 2 N–H and O–H groups in total. The molecule has 19 heavy (non-hydrogen) atoms. The Hall–Kier alpha value is -2.21. The lowest BCUT2D eigenvalue weighted by atomic mass is 10.0. The molecule has 6 heteroatoms. The number of rotatable bonds is 4. The predicted octanol–water partition coefficient (Wildman–Crippen LogP) is 1.23. The fourth-order valence-corrected chi connectivity index (χ4v) is 1.73. The summed E-state index contributed by atoms with van der Waals surface area (Å²) in [7, 11) is 0. The number of aromatic nitrogens is 2. The molecule has 0 aliphatic carbocycles. The summed E-state index contributed by atoms with van der Waals surface area (Å²) in [5.41, 5.74) is 1.29. The molecule has 0 bridgehead atoms. The minimum atomic E-state index is -0.787. The van der Waals surface area contributed by atoms with Crippen molar-refractivity contribution in [3.8, 4) is 0 Å². The normalized spacial score (nSPS) is 13.8. The van der Waals surface area contributed by atoms with Crippen molar-refractivity contribution < 1.29 is 14.5 Å². The predicted molar refractivity (Wildman–Crippen MR) is 67.4 cm³/mol. The van der Waals surface area contributed by atoms with Crippen molar-refractivity contribution in [3.63, 3.8) is 0 Å². The number of aryl methyl sites for hydroxylation is 1. The lowest BCUT2D eigenvalue weighted by Crippen LogP contribution is -2.37. The molecule has 0 aliphatic rings. The third-order valence-electron chi connectivity index (χ3n) is 2.84. The van der Waals surface area contributed by atoms with Crippen LogP contribution in [-0.2, 0) is 0 Å². The van der Waals surface area contributed by atoms with Gasteiger partial charge in [-0.05, 0) is 24.6 Å². The van der Waals surface area contributed by atoms with Crippen molar-refractivity contribution >= 4 is 5.91 Å². The Labute approximate surface area is 110 Å². The molecule has 1 aromatic heterocycles. The highest BCUT2D eigenvalue weighted by Gasteiger charge is 2.22. The summed E-state index contributed by atoms with van der Waals surface area (Å²) in [4.78, 5) is 11.9. The summed E-state index contributed by atoms with van der Waals surface area (Å²) < 4.78 is 4.47. The van der Waals surface area contributed by atoms with Crippen LogP contribution in [0, 0.1) is 6.92 Å². The SMILES string of the molecule is Cc1nonc1C(=O)N[C@H](C)[C@@H](O)c1ccccc1. The monoisotopic (exact) mass is 261 g/mol. The van der Waals surface area contributed by atoms with E-state index in [0.717, 1.165) is 5.56 Å². The van der Waals surface area contributed by atoms with Crippen LogP contribution in [0.2, 0.25) is 0 Å². The van der Waals surface area contributed by atoms with Gasteiger partial charge in [-0.1, -0.05) is 35.5 Å². The van der Waals surface area contributed by atoms with E-state index in [2.05, 4.69) is 20.3 Å². The second-order valence-corrected chi connectivity index (χ2v) is 4.32. The fraction of sp³-hybridized carbons (Fsp3) is 0.308. The van der Waals surface area contributed by atoms with Crippen molar-refractivity contribution in [3.05, 3.63) is 47.3 Å². The van der Waals surface area contributed by atoms with Gasteiger partial charge in [0.1, 0.15) is 5.69 Å². The quantitative estimate of drug-likeness (QED) is 0.864. The summed E-state index contributed by atoms with van der Waals surface area (Å²) in [5.74, 6) is -0.416. The number of aliphatic hydroxyl groups excluding tert-OH is 1. The van der Waals surface area contributed by atoms with Crippen LogP contribution >= 0.6 is 0 Å². The molecule has 2 atom stereocenters. The fourth-order valence-electron chi connectivity index (χ4n) is 1.73. The van der Waals surface area contributed by atoms with E-state index >= 15 is 0 Å². The number of aliphatic hydroxyl groups is 1. The van der Waals surface area contributed by atoms with E-state index in [4.69, 9.17) is 0 Å². The van der Waals surface area contributed by atoms with Crippen LogP contribution in [0.4, 0.5) is 0 Å². The zero-order valence-electron chi connectivity index (χ0n) is 10.7. The molecule has 0 radical (unpaired) electrons. The van der Waals surface area contributed by atoms with E-state index in [-0.39, 0.29) is 5.69 Å². The minimum Gasteiger partial charge on any atom is -0.386 e. The van der Waals surface area contributed by atoms with Crippen molar-refractivity contribution in [2.75, 3.05) is 0 Å². The summed E-state index contributed by atoms with van der Waals surface area (Å²) in [6, 6.07) is 8.68. The summed E-state index contributed by atoms with van der Waals surface area (Å²) in [6.07, 6.45) is -0.787. The van der Waals surface area contributed by atoms with Gasteiger partial charge in [0.25, 0.3) is 5.91 Å². The smallest absolute Gasteiger partial charge is 0.275 e. The maximum atomic E-state index is 11.9. The maximum absolute atomic E-state index is 11.9. The Kier molecular flexibility index (Phi) is 3.91. The average molecular weight is 261 g/mol. The van der Waals surface area contributed by atoms with Gasteiger partial charge in [0.15, 0.2) is 5.69 Å². The molecule has 1 aromatic carbocycles. The second kappa shape index (κ2) is 5.62. The van der Waals surface area contributed by atoms with Crippen molar-refractivity contribution in [1.82, 2.24) is 15.6 Å².